The number of carbonyl (C=O) groups is 6. The van der Waals surface area contributed by atoms with Crippen LogP contribution in [0.5, 0.6) is 5.75 Å². The Morgan fingerprint density at radius 1 is 1.15 bits per heavy atom. The second-order valence-electron chi connectivity index (χ2n) is 10.4. The Morgan fingerprint density at radius 2 is 1.90 bits per heavy atom. The van der Waals surface area contributed by atoms with Crippen LogP contribution in [0, 0.1) is 23.7 Å². The zero-order valence-corrected chi connectivity index (χ0v) is 21.1. The van der Waals surface area contributed by atoms with Gasteiger partial charge in [-0.1, -0.05) is 13.0 Å². The summed E-state index contributed by atoms with van der Waals surface area (Å²) in [4.78, 5) is 81.2. The number of ketones is 4. The second-order valence-corrected chi connectivity index (χ2v) is 10.4. The van der Waals surface area contributed by atoms with Crippen LogP contribution in [0.1, 0.15) is 57.2 Å². The number of amides is 2. The number of aryl methyl sites for hydroxylation is 1. The van der Waals surface area contributed by atoms with Crippen LogP contribution < -0.4 is 11.1 Å². The van der Waals surface area contributed by atoms with Gasteiger partial charge in [-0.05, 0) is 48.4 Å². The molecule has 5 rings (SSSR count). The molecule has 0 radical (unpaired) electrons. The molecule has 3 aliphatic carbocycles. The number of aromatic hydroxyl groups is 1. The molecule has 39 heavy (non-hydrogen) atoms. The van der Waals surface area contributed by atoms with Crippen LogP contribution in [-0.2, 0) is 38.6 Å². The summed E-state index contributed by atoms with van der Waals surface area (Å²) in [5.41, 5.74) is 4.33. The zero-order chi connectivity index (χ0) is 28.2. The van der Waals surface area contributed by atoms with Gasteiger partial charge in [-0.3, -0.25) is 33.8 Å². The van der Waals surface area contributed by atoms with Crippen molar-refractivity contribution in [3.63, 3.8) is 0 Å². The van der Waals surface area contributed by atoms with Gasteiger partial charge in [-0.25, -0.2) is 0 Å². The van der Waals surface area contributed by atoms with E-state index in [4.69, 9.17) is 5.73 Å². The number of hydrogen-bond donors (Lipinski definition) is 4. The highest BCUT2D eigenvalue weighted by Crippen LogP contribution is 2.50. The maximum Gasteiger partial charge on any atom is 0.253 e. The number of nitrogens with one attached hydrogen (secondary N) is 1. The summed E-state index contributed by atoms with van der Waals surface area (Å²) in [6.07, 6.45) is 3.27. The standard InChI is InChI=1S/C28H27N3O8/c1-2-12-6-15(11-31-27(38)13-4-3-5-30-10-13)22(33)20-17(12)8-14-7-16-9-18(32)21(26(29)37)25(36)28(16,39)24(35)19(14)23(20)34/h3-6,10,14,16,19,21,33,39H,2,7-9,11H2,1H3,(H2,29,37)(H,31,38)/t14-,16+,19?,21?,28+/m1/s1. The largest absolute Gasteiger partial charge is 0.507 e. The maximum atomic E-state index is 13.8. The van der Waals surface area contributed by atoms with Crippen molar-refractivity contribution in [2.75, 3.05) is 0 Å². The molecule has 1 aromatic carbocycles. The Balaban J connectivity index is 1.51. The zero-order valence-electron chi connectivity index (χ0n) is 21.1. The number of hydrogen-bond acceptors (Lipinski definition) is 9. The highest BCUT2D eigenvalue weighted by atomic mass is 16.3. The summed E-state index contributed by atoms with van der Waals surface area (Å²) in [6.45, 7) is 1.76. The van der Waals surface area contributed by atoms with Crippen molar-refractivity contribution in [3.8, 4) is 5.75 Å². The number of rotatable bonds is 5. The number of fused-ring (bicyclic) bond motifs is 3. The third-order valence-electron chi connectivity index (χ3n) is 8.32. The van der Waals surface area contributed by atoms with E-state index in [1.807, 2.05) is 6.92 Å². The first-order valence-electron chi connectivity index (χ1n) is 12.7. The summed E-state index contributed by atoms with van der Waals surface area (Å²) < 4.78 is 0. The summed E-state index contributed by atoms with van der Waals surface area (Å²) in [5.74, 6) is -11.0. The summed E-state index contributed by atoms with van der Waals surface area (Å²) >= 11 is 0. The first kappa shape index (κ1) is 26.4. The van der Waals surface area contributed by atoms with Crippen LogP contribution in [-0.4, -0.2) is 55.7 Å². The number of pyridine rings is 1. The van der Waals surface area contributed by atoms with Crippen LogP contribution in [0.2, 0.25) is 0 Å². The molecule has 2 aromatic rings. The summed E-state index contributed by atoms with van der Waals surface area (Å²) in [5, 5.41) is 25.2. The molecule has 2 amide bonds. The number of phenols is 1. The molecule has 3 aliphatic rings. The minimum atomic E-state index is -2.69. The number of phenolic OH excluding ortho intramolecular Hbond substituents is 1. The third-order valence-corrected chi connectivity index (χ3v) is 8.32. The molecular formula is C28H27N3O8. The SMILES string of the molecule is CCc1cc(CNC(=O)c2cccnc2)c(O)c2c1C[C@H]1C[C@H]3CC(=O)C(C(N)=O)C(=O)[C@@]3(O)C(=O)C1C2=O. The minimum Gasteiger partial charge on any atom is -0.507 e. The molecule has 0 aliphatic heterocycles. The number of nitrogens with two attached hydrogens (primary N) is 1. The van der Waals surface area contributed by atoms with E-state index in [2.05, 4.69) is 10.3 Å². The lowest BCUT2D eigenvalue weighted by Crippen LogP contribution is -2.68. The van der Waals surface area contributed by atoms with Crippen molar-refractivity contribution in [2.24, 2.45) is 29.4 Å². The first-order valence-corrected chi connectivity index (χ1v) is 12.7. The van der Waals surface area contributed by atoms with Crippen LogP contribution in [0.25, 0.3) is 0 Å². The highest BCUT2D eigenvalue weighted by molar-refractivity contribution is 6.31. The molecule has 202 valence electrons. The van der Waals surface area contributed by atoms with E-state index in [1.165, 1.54) is 12.4 Å². The second kappa shape index (κ2) is 9.49. The fraction of sp³-hybridized carbons (Fsp3) is 0.393. The molecule has 11 heteroatoms. The van der Waals surface area contributed by atoms with Crippen molar-refractivity contribution in [1.29, 1.82) is 0 Å². The summed E-state index contributed by atoms with van der Waals surface area (Å²) in [7, 11) is 0. The van der Waals surface area contributed by atoms with Crippen LogP contribution >= 0.6 is 0 Å². The molecule has 2 saturated carbocycles. The molecule has 5 atom stereocenters. The van der Waals surface area contributed by atoms with E-state index in [-0.39, 0.29) is 42.7 Å². The Labute approximate surface area is 222 Å². The molecule has 11 nitrogen and oxygen atoms in total. The summed E-state index contributed by atoms with van der Waals surface area (Å²) in [6, 6.07) is 4.89. The monoisotopic (exact) mass is 533 g/mol. The molecule has 0 bridgehead atoms. The fourth-order valence-electron chi connectivity index (χ4n) is 6.40. The minimum absolute atomic E-state index is 0.0356. The Morgan fingerprint density at radius 3 is 2.54 bits per heavy atom. The van der Waals surface area contributed by atoms with Crippen molar-refractivity contribution in [3.05, 3.63) is 58.4 Å². The van der Waals surface area contributed by atoms with E-state index in [1.54, 1.807) is 18.2 Å². The number of aliphatic hydroxyl groups is 1. The topological polar surface area (TPSA) is 194 Å². The number of benzene rings is 1. The van der Waals surface area contributed by atoms with Crippen molar-refractivity contribution >= 4 is 34.9 Å². The molecule has 0 spiro atoms. The molecular weight excluding hydrogens is 506 g/mol. The van der Waals surface area contributed by atoms with Gasteiger partial charge in [0.15, 0.2) is 34.7 Å². The first-order chi connectivity index (χ1) is 18.5. The number of carbonyl (C=O) groups excluding carboxylic acids is 6. The Bertz CT molecular complexity index is 1450. The van der Waals surface area contributed by atoms with E-state index in [0.717, 1.165) is 5.56 Å². The molecule has 2 fully saturated rings. The predicted molar refractivity (Wildman–Crippen MR) is 133 cm³/mol. The van der Waals surface area contributed by atoms with Gasteiger partial charge in [-0.2, -0.15) is 0 Å². The van der Waals surface area contributed by atoms with Crippen LogP contribution in [0.3, 0.4) is 0 Å². The lowest BCUT2D eigenvalue weighted by molar-refractivity contribution is -0.175. The lowest BCUT2D eigenvalue weighted by atomic mass is 9.53. The molecule has 0 saturated heterocycles. The molecule has 5 N–H and O–H groups in total. The van der Waals surface area contributed by atoms with Gasteiger partial charge in [0.05, 0.1) is 17.0 Å². The fourth-order valence-corrected chi connectivity index (χ4v) is 6.40. The predicted octanol–water partition coefficient (Wildman–Crippen LogP) is 0.214. The van der Waals surface area contributed by atoms with Gasteiger partial charge in [-0.15, -0.1) is 0 Å². The van der Waals surface area contributed by atoms with Crippen LogP contribution in [0.4, 0.5) is 0 Å². The average molecular weight is 534 g/mol. The van der Waals surface area contributed by atoms with Crippen molar-refractivity contribution in [1.82, 2.24) is 10.3 Å². The average Bonchev–Trinajstić information content (AvgIpc) is 2.90. The number of nitrogens with zero attached hydrogens (tertiary/aromatic N) is 1. The van der Waals surface area contributed by atoms with Gasteiger partial charge in [0.2, 0.25) is 5.91 Å². The quantitative estimate of drug-likeness (QED) is 0.389. The van der Waals surface area contributed by atoms with Gasteiger partial charge in [0, 0.05) is 36.8 Å². The molecule has 1 aromatic heterocycles. The number of primary amides is 1. The Kier molecular flexibility index (Phi) is 6.42. The van der Waals surface area contributed by atoms with Gasteiger partial charge in [0.1, 0.15) is 5.75 Å². The lowest BCUT2D eigenvalue weighted by Gasteiger charge is -2.48. The molecule has 1 heterocycles. The van der Waals surface area contributed by atoms with E-state index < -0.39 is 64.2 Å². The number of aromatic nitrogens is 1. The van der Waals surface area contributed by atoms with Gasteiger partial charge >= 0.3 is 0 Å². The van der Waals surface area contributed by atoms with Crippen molar-refractivity contribution in [2.45, 2.75) is 44.8 Å². The maximum absolute atomic E-state index is 13.8. The van der Waals surface area contributed by atoms with E-state index in [0.29, 0.717) is 17.5 Å². The van der Waals surface area contributed by atoms with Gasteiger partial charge < -0.3 is 21.3 Å². The Hall–Kier alpha value is -4.25. The van der Waals surface area contributed by atoms with Crippen molar-refractivity contribution < 1.29 is 39.0 Å². The highest BCUT2D eigenvalue weighted by Gasteiger charge is 2.66. The van der Waals surface area contributed by atoms with Crippen LogP contribution in [0.15, 0.2) is 30.6 Å². The molecule has 2 unspecified atom stereocenters. The van der Waals surface area contributed by atoms with E-state index in [9.17, 15) is 39.0 Å². The van der Waals surface area contributed by atoms with E-state index >= 15 is 0 Å². The number of Topliss-reactive ketones (excluding diaryl/α,β-unsaturated/α-hetero) is 4. The smallest absolute Gasteiger partial charge is 0.253 e. The normalized spacial score (nSPS) is 27.8. The third kappa shape index (κ3) is 3.95. The van der Waals surface area contributed by atoms with Gasteiger partial charge in [0.25, 0.3) is 5.91 Å².